The Bertz CT molecular complexity index is 503. The number of hydrogen-bond donors (Lipinski definition) is 1. The Morgan fingerprint density at radius 2 is 1.83 bits per heavy atom. The van der Waals surface area contributed by atoms with Crippen LogP contribution in [0.4, 0.5) is 0 Å². The summed E-state index contributed by atoms with van der Waals surface area (Å²) in [6, 6.07) is 4.16. The molecule has 2 fully saturated rings. The maximum atomic E-state index is 12.5. The Morgan fingerprint density at radius 3 is 2.48 bits per heavy atom. The first-order valence-corrected chi connectivity index (χ1v) is 9.04. The first-order valence-electron chi connectivity index (χ1n) is 9.04. The number of nitrogens with zero attached hydrogens (tertiary/aromatic N) is 2. The molecular weight excluding hydrogens is 288 g/mol. The van der Waals surface area contributed by atoms with Crippen molar-refractivity contribution in [3.63, 3.8) is 0 Å². The van der Waals surface area contributed by atoms with E-state index in [4.69, 9.17) is 0 Å². The van der Waals surface area contributed by atoms with Gasteiger partial charge in [0.25, 0.3) is 0 Å². The van der Waals surface area contributed by atoms with E-state index in [0.717, 1.165) is 58.0 Å². The molecule has 1 saturated heterocycles. The van der Waals surface area contributed by atoms with E-state index in [-0.39, 0.29) is 5.91 Å². The quantitative estimate of drug-likeness (QED) is 0.929. The Kier molecular flexibility index (Phi) is 5.31. The van der Waals surface area contributed by atoms with E-state index in [1.165, 1.54) is 12.0 Å². The van der Waals surface area contributed by atoms with E-state index < -0.39 is 5.60 Å². The number of carbonyl (C=O) groups excluding carboxylic acids is 1. The van der Waals surface area contributed by atoms with Crippen LogP contribution in [0.2, 0.25) is 0 Å². The summed E-state index contributed by atoms with van der Waals surface area (Å²) in [5.74, 6) is 0.802. The number of aromatic nitrogens is 1. The molecule has 4 nitrogen and oxygen atoms in total. The van der Waals surface area contributed by atoms with E-state index >= 15 is 0 Å². The molecule has 0 atom stereocenters. The fourth-order valence-electron chi connectivity index (χ4n) is 4.02. The summed E-state index contributed by atoms with van der Waals surface area (Å²) in [5.41, 5.74) is 0.602. The van der Waals surface area contributed by atoms with Crippen LogP contribution in [0.25, 0.3) is 0 Å². The van der Waals surface area contributed by atoms with Gasteiger partial charge in [-0.2, -0.15) is 0 Å². The lowest BCUT2D eigenvalue weighted by molar-refractivity contribution is -0.139. The number of hydrogen-bond acceptors (Lipinski definition) is 3. The summed E-state index contributed by atoms with van der Waals surface area (Å²) in [6.07, 6.45) is 12.1. The third-order valence-electron chi connectivity index (χ3n) is 5.51. The number of aliphatic hydroxyl groups is 1. The second-order valence-corrected chi connectivity index (χ2v) is 7.35. The lowest BCUT2D eigenvalue weighted by Gasteiger charge is -2.36. The van der Waals surface area contributed by atoms with Crippen LogP contribution in [0, 0.1) is 5.92 Å². The summed E-state index contributed by atoms with van der Waals surface area (Å²) in [5, 5.41) is 10.6. The summed E-state index contributed by atoms with van der Waals surface area (Å²) in [7, 11) is 0. The molecule has 23 heavy (non-hydrogen) atoms. The van der Waals surface area contributed by atoms with Crippen LogP contribution < -0.4 is 0 Å². The highest BCUT2D eigenvalue weighted by molar-refractivity contribution is 5.77. The summed E-state index contributed by atoms with van der Waals surface area (Å²) < 4.78 is 0. The van der Waals surface area contributed by atoms with Crippen molar-refractivity contribution < 1.29 is 9.90 Å². The van der Waals surface area contributed by atoms with Crippen molar-refractivity contribution in [1.82, 2.24) is 9.88 Å². The Balaban J connectivity index is 1.45. The average molecular weight is 316 g/mol. The van der Waals surface area contributed by atoms with Crippen molar-refractivity contribution in [2.24, 2.45) is 5.92 Å². The van der Waals surface area contributed by atoms with Gasteiger partial charge >= 0.3 is 0 Å². The molecule has 1 saturated carbocycles. The maximum absolute atomic E-state index is 12.5. The van der Waals surface area contributed by atoms with Crippen molar-refractivity contribution in [2.75, 3.05) is 13.1 Å². The highest BCUT2D eigenvalue weighted by atomic mass is 16.3. The lowest BCUT2D eigenvalue weighted by atomic mass is 9.82. The minimum absolute atomic E-state index is 0.150. The molecule has 1 aromatic rings. The van der Waals surface area contributed by atoms with Crippen LogP contribution in [0.5, 0.6) is 0 Å². The molecule has 1 N–H and O–H groups in total. The van der Waals surface area contributed by atoms with Gasteiger partial charge in [-0.1, -0.05) is 19.3 Å². The number of piperidine rings is 1. The fraction of sp³-hybridized carbons (Fsp3) is 0.684. The molecule has 3 rings (SSSR count). The van der Waals surface area contributed by atoms with Gasteiger partial charge < -0.3 is 10.0 Å². The highest BCUT2D eigenvalue weighted by Gasteiger charge is 2.34. The largest absolute Gasteiger partial charge is 0.389 e. The normalized spacial score (nSPS) is 22.0. The van der Waals surface area contributed by atoms with E-state index in [2.05, 4.69) is 17.1 Å². The van der Waals surface area contributed by atoms with Gasteiger partial charge in [0, 0.05) is 25.5 Å². The van der Waals surface area contributed by atoms with Gasteiger partial charge in [-0.15, -0.1) is 0 Å². The van der Waals surface area contributed by atoms with Crippen molar-refractivity contribution in [3.8, 4) is 0 Å². The van der Waals surface area contributed by atoms with Gasteiger partial charge in [-0.05, 0) is 55.7 Å². The van der Waals surface area contributed by atoms with Crippen LogP contribution in [0.15, 0.2) is 24.5 Å². The van der Waals surface area contributed by atoms with E-state index in [1.54, 1.807) is 0 Å². The standard InChI is InChI=1S/C19H28N2O2/c22-18(15-19(23)8-2-1-3-9-19)21-12-6-17(7-13-21)14-16-4-10-20-11-5-16/h4-5,10-11,17,23H,1-3,6-9,12-15H2. The van der Waals surface area contributed by atoms with Gasteiger partial charge in [0.1, 0.15) is 0 Å². The number of pyridine rings is 1. The number of rotatable bonds is 4. The molecule has 126 valence electrons. The number of amides is 1. The molecular formula is C19H28N2O2. The molecule has 1 aromatic heterocycles. The van der Waals surface area contributed by atoms with Gasteiger partial charge in [0.05, 0.1) is 12.0 Å². The highest BCUT2D eigenvalue weighted by Crippen LogP contribution is 2.32. The predicted octanol–water partition coefficient (Wildman–Crippen LogP) is 2.95. The number of carbonyl (C=O) groups is 1. The van der Waals surface area contributed by atoms with Gasteiger partial charge in [-0.25, -0.2) is 0 Å². The van der Waals surface area contributed by atoms with Crippen LogP contribution >= 0.6 is 0 Å². The van der Waals surface area contributed by atoms with Crippen LogP contribution in [0.1, 0.15) is 56.9 Å². The van der Waals surface area contributed by atoms with E-state index in [0.29, 0.717) is 12.3 Å². The molecule has 1 aliphatic heterocycles. The van der Waals surface area contributed by atoms with E-state index in [9.17, 15) is 9.90 Å². The molecule has 0 bridgehead atoms. The lowest BCUT2D eigenvalue weighted by Crippen LogP contribution is -2.44. The third kappa shape index (κ3) is 4.54. The second kappa shape index (κ2) is 7.43. The molecule has 0 radical (unpaired) electrons. The van der Waals surface area contributed by atoms with Crippen molar-refractivity contribution in [2.45, 2.75) is 63.4 Å². The summed E-state index contributed by atoms with van der Waals surface area (Å²) in [6.45, 7) is 1.68. The minimum atomic E-state index is -0.733. The van der Waals surface area contributed by atoms with Crippen LogP contribution in [-0.2, 0) is 11.2 Å². The van der Waals surface area contributed by atoms with Gasteiger partial charge in [0.15, 0.2) is 0 Å². The number of likely N-dealkylation sites (tertiary alicyclic amines) is 1. The second-order valence-electron chi connectivity index (χ2n) is 7.35. The monoisotopic (exact) mass is 316 g/mol. The molecule has 0 spiro atoms. The van der Waals surface area contributed by atoms with Crippen LogP contribution in [-0.4, -0.2) is 39.6 Å². The molecule has 0 aromatic carbocycles. The Hall–Kier alpha value is -1.42. The van der Waals surface area contributed by atoms with Gasteiger partial charge in [-0.3, -0.25) is 9.78 Å². The smallest absolute Gasteiger partial charge is 0.225 e. The molecule has 2 aliphatic rings. The average Bonchev–Trinajstić information content (AvgIpc) is 2.57. The zero-order chi connectivity index (χ0) is 16.1. The first kappa shape index (κ1) is 16.4. The van der Waals surface area contributed by atoms with E-state index in [1.807, 2.05) is 17.3 Å². The van der Waals surface area contributed by atoms with Crippen molar-refractivity contribution >= 4 is 5.91 Å². The topological polar surface area (TPSA) is 53.4 Å². The SMILES string of the molecule is O=C(CC1(O)CCCCC1)N1CCC(Cc2ccncc2)CC1. The molecule has 1 amide bonds. The first-order chi connectivity index (χ1) is 11.1. The molecule has 0 unspecified atom stereocenters. The van der Waals surface area contributed by atoms with Crippen molar-refractivity contribution in [3.05, 3.63) is 30.1 Å². The molecule has 2 heterocycles. The summed E-state index contributed by atoms with van der Waals surface area (Å²) in [4.78, 5) is 18.5. The zero-order valence-corrected chi connectivity index (χ0v) is 13.9. The van der Waals surface area contributed by atoms with Crippen LogP contribution in [0.3, 0.4) is 0 Å². The van der Waals surface area contributed by atoms with Gasteiger partial charge in [0.2, 0.25) is 5.91 Å². The molecule has 1 aliphatic carbocycles. The summed E-state index contributed by atoms with van der Waals surface area (Å²) >= 11 is 0. The zero-order valence-electron chi connectivity index (χ0n) is 13.9. The van der Waals surface area contributed by atoms with Crippen molar-refractivity contribution in [1.29, 1.82) is 0 Å². The third-order valence-corrected chi connectivity index (χ3v) is 5.51. The Labute approximate surface area is 138 Å². The fourth-order valence-corrected chi connectivity index (χ4v) is 4.02. The minimum Gasteiger partial charge on any atom is -0.389 e. The predicted molar refractivity (Wildman–Crippen MR) is 89.9 cm³/mol. The Morgan fingerprint density at radius 1 is 1.17 bits per heavy atom. The maximum Gasteiger partial charge on any atom is 0.225 e. The molecule has 4 heteroatoms.